The van der Waals surface area contributed by atoms with E-state index in [9.17, 15) is 18.4 Å². The summed E-state index contributed by atoms with van der Waals surface area (Å²) in [6.07, 6.45) is 3.97. The van der Waals surface area contributed by atoms with Crippen molar-refractivity contribution in [2.45, 2.75) is 72.1 Å². The molecule has 1 aliphatic heterocycles. The monoisotopic (exact) mass is 528 g/mol. The second-order valence-electron chi connectivity index (χ2n) is 10.6. The summed E-state index contributed by atoms with van der Waals surface area (Å²) in [6, 6.07) is 5.17. The predicted octanol–water partition coefficient (Wildman–Crippen LogP) is 5.33. The lowest BCUT2D eigenvalue weighted by Gasteiger charge is -2.36. The van der Waals surface area contributed by atoms with E-state index in [0.29, 0.717) is 29.3 Å². The van der Waals surface area contributed by atoms with E-state index in [4.69, 9.17) is 9.47 Å². The quantitative estimate of drug-likeness (QED) is 0.468. The van der Waals surface area contributed by atoms with Gasteiger partial charge in [-0.15, -0.1) is 0 Å². The minimum atomic E-state index is -0.698. The molecule has 0 aliphatic carbocycles. The third-order valence-electron chi connectivity index (χ3n) is 6.40. The molecule has 0 saturated carbocycles. The van der Waals surface area contributed by atoms with Gasteiger partial charge in [-0.3, -0.25) is 9.20 Å². The average Bonchev–Trinajstić information content (AvgIpc) is 3.17. The second kappa shape index (κ2) is 11.0. The molecule has 3 heterocycles. The Balaban J connectivity index is 1.53. The van der Waals surface area contributed by atoms with Crippen molar-refractivity contribution in [2.75, 3.05) is 13.1 Å². The van der Waals surface area contributed by atoms with Gasteiger partial charge in [0, 0.05) is 19.3 Å². The number of hydrogen-bond donors (Lipinski definition) is 1. The summed E-state index contributed by atoms with van der Waals surface area (Å²) in [4.78, 5) is 32.3. The Morgan fingerprint density at radius 1 is 1.16 bits per heavy atom. The number of ether oxygens (including phenoxy) is 2. The zero-order valence-electron chi connectivity index (χ0n) is 22.4. The fourth-order valence-electron chi connectivity index (χ4n) is 4.63. The Morgan fingerprint density at radius 3 is 2.55 bits per heavy atom. The fourth-order valence-corrected chi connectivity index (χ4v) is 4.63. The summed E-state index contributed by atoms with van der Waals surface area (Å²) in [5.74, 6) is -1.44. The number of halogens is 2. The molecule has 4 rings (SSSR count). The number of benzene rings is 1. The lowest BCUT2D eigenvalue weighted by atomic mass is 10.0. The average molecular weight is 529 g/mol. The van der Waals surface area contributed by atoms with Crippen LogP contribution >= 0.6 is 0 Å². The van der Waals surface area contributed by atoms with Crippen LogP contribution in [0.5, 0.6) is 5.75 Å². The van der Waals surface area contributed by atoms with Crippen molar-refractivity contribution in [3.8, 4) is 5.75 Å². The predicted molar refractivity (Wildman–Crippen MR) is 138 cm³/mol. The first-order chi connectivity index (χ1) is 17.9. The minimum Gasteiger partial charge on any atom is -0.485 e. The number of rotatable bonds is 6. The van der Waals surface area contributed by atoms with Gasteiger partial charge in [0.1, 0.15) is 29.5 Å². The van der Waals surface area contributed by atoms with E-state index in [1.807, 2.05) is 27.7 Å². The first-order valence-corrected chi connectivity index (χ1v) is 12.8. The summed E-state index contributed by atoms with van der Waals surface area (Å²) < 4.78 is 41.1. The number of likely N-dealkylation sites (tertiary alicyclic amines) is 1. The molecule has 0 spiro atoms. The number of nitrogens with one attached hydrogen (secondary N) is 1. The van der Waals surface area contributed by atoms with Crippen LogP contribution in [-0.4, -0.2) is 51.0 Å². The van der Waals surface area contributed by atoms with Gasteiger partial charge in [0.25, 0.3) is 5.91 Å². The van der Waals surface area contributed by atoms with Crippen LogP contribution in [0.1, 0.15) is 67.3 Å². The molecule has 1 atom stereocenters. The van der Waals surface area contributed by atoms with Crippen molar-refractivity contribution in [2.24, 2.45) is 0 Å². The maximum atomic E-state index is 14.1. The molecule has 38 heavy (non-hydrogen) atoms. The third kappa shape index (κ3) is 6.06. The van der Waals surface area contributed by atoms with Gasteiger partial charge in [-0.25, -0.2) is 18.6 Å². The smallest absolute Gasteiger partial charge is 0.410 e. The first-order valence-electron chi connectivity index (χ1n) is 12.8. The van der Waals surface area contributed by atoms with Gasteiger partial charge in [-0.2, -0.15) is 0 Å². The summed E-state index contributed by atoms with van der Waals surface area (Å²) >= 11 is 0. The highest BCUT2D eigenvalue weighted by atomic mass is 19.1. The number of piperidine rings is 1. The van der Waals surface area contributed by atoms with Crippen molar-refractivity contribution in [1.29, 1.82) is 0 Å². The zero-order chi connectivity index (χ0) is 27.6. The highest BCUT2D eigenvalue weighted by molar-refractivity contribution is 5.95. The molecule has 2 aromatic heterocycles. The van der Waals surface area contributed by atoms with Crippen LogP contribution in [0.25, 0.3) is 5.65 Å². The van der Waals surface area contributed by atoms with Crippen LogP contribution in [0.15, 0.2) is 30.5 Å². The zero-order valence-corrected chi connectivity index (χ0v) is 22.4. The molecule has 204 valence electrons. The van der Waals surface area contributed by atoms with E-state index in [2.05, 4.69) is 10.3 Å². The van der Waals surface area contributed by atoms with Crippen molar-refractivity contribution < 1.29 is 27.8 Å². The fraction of sp³-hybridized carbons (Fsp3) is 0.464. The molecular weight excluding hydrogens is 494 g/mol. The van der Waals surface area contributed by atoms with Gasteiger partial charge < -0.3 is 19.7 Å². The lowest BCUT2D eigenvalue weighted by molar-refractivity contribution is 0.00985. The van der Waals surface area contributed by atoms with Crippen LogP contribution in [0.3, 0.4) is 0 Å². The number of amides is 2. The molecule has 0 unspecified atom stereocenters. The molecule has 8 nitrogen and oxygen atoms in total. The second-order valence-corrected chi connectivity index (χ2v) is 10.6. The van der Waals surface area contributed by atoms with Gasteiger partial charge >= 0.3 is 6.09 Å². The number of hydrogen-bond acceptors (Lipinski definition) is 5. The summed E-state index contributed by atoms with van der Waals surface area (Å²) in [5, 5.41) is 2.96. The molecule has 3 aromatic rings. The van der Waals surface area contributed by atoms with Crippen LogP contribution in [0, 0.1) is 25.5 Å². The normalized spacial score (nSPS) is 16.0. The topological polar surface area (TPSA) is 85.2 Å². The van der Waals surface area contributed by atoms with E-state index in [0.717, 1.165) is 24.8 Å². The van der Waals surface area contributed by atoms with Gasteiger partial charge in [-0.1, -0.05) is 6.07 Å². The molecule has 10 heteroatoms. The van der Waals surface area contributed by atoms with E-state index >= 15 is 0 Å². The third-order valence-corrected chi connectivity index (χ3v) is 6.40. The first kappa shape index (κ1) is 27.3. The van der Waals surface area contributed by atoms with Gasteiger partial charge in [0.2, 0.25) is 0 Å². The summed E-state index contributed by atoms with van der Waals surface area (Å²) in [5.41, 5.74) is 1.15. The van der Waals surface area contributed by atoms with Gasteiger partial charge in [0.05, 0.1) is 17.3 Å². The number of aryl methyl sites for hydroxylation is 2. The highest BCUT2D eigenvalue weighted by Crippen LogP contribution is 2.26. The maximum Gasteiger partial charge on any atom is 0.410 e. The molecule has 1 N–H and O–H groups in total. The van der Waals surface area contributed by atoms with Crippen molar-refractivity contribution >= 4 is 17.6 Å². The van der Waals surface area contributed by atoms with Crippen LogP contribution < -0.4 is 10.1 Å². The standard InChI is InChI=1S/C28H34F2N4O4/c1-17-13-23(37-16-20-21(29)10-8-11-22(20)30)25-32-18(2)24(34(25)15-17)26(35)31-14-19-9-6-7-12-33(19)27(36)38-28(3,4)5/h8,10-11,13,15,19H,6-7,9,12,14,16H2,1-5H3,(H,31,35)/t19-/m1/s1. The molecule has 2 amide bonds. The Hall–Kier alpha value is -3.69. The van der Waals surface area contributed by atoms with Crippen LogP contribution in [0.4, 0.5) is 13.6 Å². The van der Waals surface area contributed by atoms with Crippen LogP contribution in [0.2, 0.25) is 0 Å². The van der Waals surface area contributed by atoms with E-state index in [-0.39, 0.29) is 36.8 Å². The Labute approximate surface area is 220 Å². The highest BCUT2D eigenvalue weighted by Gasteiger charge is 2.31. The SMILES string of the molecule is Cc1cc(OCc2c(F)cccc2F)c2nc(C)c(C(=O)NC[C@H]3CCCCN3C(=O)OC(C)(C)C)n2c1. The largest absolute Gasteiger partial charge is 0.485 e. The van der Waals surface area contributed by atoms with Crippen molar-refractivity contribution in [1.82, 2.24) is 19.6 Å². The van der Waals surface area contributed by atoms with E-state index in [1.54, 1.807) is 28.5 Å². The number of pyridine rings is 1. The van der Waals surface area contributed by atoms with E-state index < -0.39 is 17.2 Å². The summed E-state index contributed by atoms with van der Waals surface area (Å²) in [6.45, 7) is 9.54. The van der Waals surface area contributed by atoms with Crippen molar-refractivity contribution in [3.63, 3.8) is 0 Å². The van der Waals surface area contributed by atoms with Gasteiger partial charge in [0.15, 0.2) is 11.4 Å². The molecule has 0 bridgehead atoms. The number of imidazole rings is 1. The molecule has 0 radical (unpaired) electrons. The summed E-state index contributed by atoms with van der Waals surface area (Å²) in [7, 11) is 0. The molecule has 1 fully saturated rings. The van der Waals surface area contributed by atoms with Gasteiger partial charge in [-0.05, 0) is 77.6 Å². The molecular formula is C28H34F2N4O4. The number of fused-ring (bicyclic) bond motifs is 1. The number of carbonyl (C=O) groups is 2. The number of carbonyl (C=O) groups excluding carboxylic acids is 2. The van der Waals surface area contributed by atoms with Crippen molar-refractivity contribution in [3.05, 3.63) is 64.6 Å². The number of aromatic nitrogens is 2. The molecule has 1 saturated heterocycles. The Morgan fingerprint density at radius 2 is 1.87 bits per heavy atom. The minimum absolute atomic E-state index is 0.182. The molecule has 1 aliphatic rings. The molecule has 1 aromatic carbocycles. The lowest BCUT2D eigenvalue weighted by Crippen LogP contribution is -2.50. The van der Waals surface area contributed by atoms with Crippen LogP contribution in [-0.2, 0) is 11.3 Å². The Kier molecular flexibility index (Phi) is 7.89. The van der Waals surface area contributed by atoms with E-state index in [1.165, 1.54) is 18.2 Å². The Bertz CT molecular complexity index is 1330. The maximum absolute atomic E-state index is 14.1. The number of nitrogens with zero attached hydrogens (tertiary/aromatic N) is 3.